The largest absolute Gasteiger partial charge is 0.492 e. The van der Waals surface area contributed by atoms with Crippen molar-refractivity contribution in [1.29, 1.82) is 0 Å². The maximum atomic E-state index is 12.9. The van der Waals surface area contributed by atoms with Gasteiger partial charge in [-0.2, -0.15) is 5.10 Å². The molecule has 0 saturated carbocycles. The molecule has 0 spiro atoms. The molecule has 0 unspecified atom stereocenters. The van der Waals surface area contributed by atoms with Gasteiger partial charge in [0, 0.05) is 18.8 Å². The summed E-state index contributed by atoms with van der Waals surface area (Å²) in [6.45, 7) is 4.74. The van der Waals surface area contributed by atoms with Crippen molar-refractivity contribution >= 4 is 11.6 Å². The topological polar surface area (TPSA) is 64.4 Å². The zero-order chi connectivity index (χ0) is 20.8. The summed E-state index contributed by atoms with van der Waals surface area (Å²) in [6.07, 6.45) is 0. The van der Waals surface area contributed by atoms with E-state index in [9.17, 15) is 9.59 Å². The Labute approximate surface area is 170 Å². The molecular formula is C23H25N3O3. The monoisotopic (exact) mass is 391 g/mol. The molecule has 0 radical (unpaired) electrons. The average molecular weight is 391 g/mol. The van der Waals surface area contributed by atoms with E-state index in [4.69, 9.17) is 4.74 Å². The van der Waals surface area contributed by atoms with Crippen LogP contribution < -0.4 is 15.2 Å². The first-order chi connectivity index (χ1) is 14.0. The summed E-state index contributed by atoms with van der Waals surface area (Å²) in [5, 5.41) is 4.24. The molecule has 0 fully saturated rings. The molecule has 1 heterocycles. The highest BCUT2D eigenvalue weighted by Crippen LogP contribution is 2.21. The molecule has 29 heavy (non-hydrogen) atoms. The number of aromatic nitrogens is 2. The molecule has 0 saturated heterocycles. The molecule has 0 aliphatic rings. The van der Waals surface area contributed by atoms with E-state index in [0.29, 0.717) is 5.92 Å². The van der Waals surface area contributed by atoms with Gasteiger partial charge in [-0.3, -0.25) is 9.59 Å². The smallest absolute Gasteiger partial charge is 0.278 e. The van der Waals surface area contributed by atoms with Crippen LogP contribution in [-0.4, -0.2) is 29.3 Å². The van der Waals surface area contributed by atoms with Gasteiger partial charge < -0.3 is 9.64 Å². The lowest BCUT2D eigenvalue weighted by atomic mass is 10.0. The molecule has 6 nitrogen and oxygen atoms in total. The minimum absolute atomic E-state index is 0.210. The summed E-state index contributed by atoms with van der Waals surface area (Å²) in [7, 11) is 1.71. The molecule has 0 N–H and O–H groups in total. The molecule has 3 rings (SSSR count). The molecule has 0 aliphatic carbocycles. The molecule has 0 bridgehead atoms. The van der Waals surface area contributed by atoms with Crippen molar-refractivity contribution < 1.29 is 9.53 Å². The van der Waals surface area contributed by atoms with Crippen LogP contribution >= 0.6 is 0 Å². The Morgan fingerprint density at radius 1 is 1.07 bits per heavy atom. The lowest BCUT2D eigenvalue weighted by Crippen LogP contribution is -2.32. The van der Waals surface area contributed by atoms with Crippen molar-refractivity contribution in [2.45, 2.75) is 26.3 Å². The van der Waals surface area contributed by atoms with Crippen LogP contribution in [0.3, 0.4) is 0 Å². The van der Waals surface area contributed by atoms with E-state index in [1.165, 1.54) is 16.8 Å². The molecule has 1 amide bonds. The normalized spacial score (nSPS) is 10.8. The van der Waals surface area contributed by atoms with Crippen LogP contribution in [0.4, 0.5) is 5.69 Å². The van der Waals surface area contributed by atoms with E-state index < -0.39 is 0 Å². The number of rotatable bonds is 7. The maximum Gasteiger partial charge on any atom is 0.278 e. The van der Waals surface area contributed by atoms with E-state index >= 15 is 0 Å². The highest BCUT2D eigenvalue weighted by atomic mass is 16.5. The molecule has 1 aromatic heterocycles. The Bertz CT molecular complexity index is 1030. The highest BCUT2D eigenvalue weighted by Gasteiger charge is 2.17. The standard InChI is InChI=1S/C23H25N3O3/c1-17(2)18-8-7-9-19(16-18)25(3)23(28)21-12-13-22(27)26(24-21)14-15-29-20-10-5-4-6-11-20/h4-13,16-17H,14-15H2,1-3H3. The Morgan fingerprint density at radius 3 is 2.55 bits per heavy atom. The first-order valence-corrected chi connectivity index (χ1v) is 9.60. The highest BCUT2D eigenvalue weighted by molar-refractivity contribution is 6.04. The molecule has 2 aromatic carbocycles. The number of hydrogen-bond donors (Lipinski definition) is 0. The van der Waals surface area contributed by atoms with E-state index in [-0.39, 0.29) is 30.3 Å². The SMILES string of the molecule is CC(C)c1cccc(N(C)C(=O)c2ccc(=O)n(CCOc3ccccc3)n2)c1. The van der Waals surface area contributed by atoms with Gasteiger partial charge >= 0.3 is 0 Å². The Balaban J connectivity index is 1.73. The van der Waals surface area contributed by atoms with Crippen LogP contribution in [0, 0.1) is 0 Å². The number of ether oxygens (including phenoxy) is 1. The molecule has 150 valence electrons. The zero-order valence-corrected chi connectivity index (χ0v) is 16.9. The first kappa shape index (κ1) is 20.3. The Morgan fingerprint density at radius 2 is 1.83 bits per heavy atom. The van der Waals surface area contributed by atoms with E-state index in [1.807, 2.05) is 54.6 Å². The van der Waals surface area contributed by atoms with Crippen LogP contribution in [0.1, 0.15) is 35.8 Å². The lowest BCUT2D eigenvalue weighted by molar-refractivity contribution is 0.0985. The predicted octanol–water partition coefficient (Wildman–Crippen LogP) is 3.72. The second kappa shape index (κ2) is 9.19. The summed E-state index contributed by atoms with van der Waals surface area (Å²) < 4.78 is 6.88. The van der Waals surface area contributed by atoms with Gasteiger partial charge in [-0.1, -0.05) is 44.2 Å². The van der Waals surface area contributed by atoms with Gasteiger partial charge in [0.2, 0.25) is 0 Å². The van der Waals surface area contributed by atoms with Crippen molar-refractivity contribution in [3.63, 3.8) is 0 Å². The molecular weight excluding hydrogens is 366 g/mol. The minimum atomic E-state index is -0.275. The fourth-order valence-corrected chi connectivity index (χ4v) is 2.87. The third kappa shape index (κ3) is 5.10. The summed E-state index contributed by atoms with van der Waals surface area (Å²) in [4.78, 5) is 26.6. The van der Waals surface area contributed by atoms with E-state index in [1.54, 1.807) is 11.9 Å². The second-order valence-electron chi connectivity index (χ2n) is 7.06. The number of amides is 1. The average Bonchev–Trinajstić information content (AvgIpc) is 2.75. The Kier molecular flexibility index (Phi) is 6.44. The van der Waals surface area contributed by atoms with Gasteiger partial charge in [-0.05, 0) is 41.8 Å². The molecule has 0 atom stereocenters. The van der Waals surface area contributed by atoms with Crippen molar-refractivity contribution in [2.75, 3.05) is 18.6 Å². The van der Waals surface area contributed by atoms with Crippen molar-refractivity contribution in [2.24, 2.45) is 0 Å². The summed E-state index contributed by atoms with van der Waals surface area (Å²) in [5.74, 6) is 0.810. The van der Waals surface area contributed by atoms with Gasteiger partial charge in [0.25, 0.3) is 11.5 Å². The first-order valence-electron chi connectivity index (χ1n) is 9.60. The van der Waals surface area contributed by atoms with E-state index in [0.717, 1.165) is 17.0 Å². The molecule has 6 heteroatoms. The van der Waals surface area contributed by atoms with Crippen molar-refractivity contribution in [1.82, 2.24) is 9.78 Å². The number of anilines is 1. The van der Waals surface area contributed by atoms with Gasteiger partial charge in [0.1, 0.15) is 18.1 Å². The van der Waals surface area contributed by atoms with Crippen LogP contribution in [0.5, 0.6) is 5.75 Å². The van der Waals surface area contributed by atoms with Crippen molar-refractivity contribution in [3.05, 3.63) is 88.3 Å². The van der Waals surface area contributed by atoms with Gasteiger partial charge in [-0.25, -0.2) is 4.68 Å². The van der Waals surface area contributed by atoms with E-state index in [2.05, 4.69) is 18.9 Å². The van der Waals surface area contributed by atoms with Gasteiger partial charge in [0.15, 0.2) is 0 Å². The third-order valence-electron chi connectivity index (χ3n) is 4.63. The predicted molar refractivity (Wildman–Crippen MR) is 114 cm³/mol. The fourth-order valence-electron chi connectivity index (χ4n) is 2.87. The summed E-state index contributed by atoms with van der Waals surface area (Å²) in [5.41, 5.74) is 1.87. The number of carbonyl (C=O) groups excluding carboxylic acids is 1. The quantitative estimate of drug-likeness (QED) is 0.616. The Hall–Kier alpha value is -3.41. The number of hydrogen-bond acceptors (Lipinski definition) is 4. The number of nitrogens with zero attached hydrogens (tertiary/aromatic N) is 3. The lowest BCUT2D eigenvalue weighted by Gasteiger charge is -2.19. The summed E-state index contributed by atoms with van der Waals surface area (Å²) in [6, 6.07) is 20.0. The number of para-hydroxylation sites is 1. The second-order valence-corrected chi connectivity index (χ2v) is 7.06. The minimum Gasteiger partial charge on any atom is -0.492 e. The maximum absolute atomic E-state index is 12.9. The molecule has 3 aromatic rings. The number of benzene rings is 2. The van der Waals surface area contributed by atoms with Crippen molar-refractivity contribution in [3.8, 4) is 5.75 Å². The third-order valence-corrected chi connectivity index (χ3v) is 4.63. The van der Waals surface area contributed by atoms with Crippen LogP contribution in [0.25, 0.3) is 0 Å². The van der Waals surface area contributed by atoms with Gasteiger partial charge in [0.05, 0.1) is 6.54 Å². The zero-order valence-electron chi connectivity index (χ0n) is 16.9. The molecule has 0 aliphatic heterocycles. The van der Waals surface area contributed by atoms with Crippen LogP contribution in [0.15, 0.2) is 71.5 Å². The number of carbonyl (C=O) groups is 1. The van der Waals surface area contributed by atoms with Crippen LogP contribution in [0.2, 0.25) is 0 Å². The van der Waals surface area contributed by atoms with Crippen LogP contribution in [-0.2, 0) is 6.54 Å². The summed E-state index contributed by atoms with van der Waals surface area (Å²) >= 11 is 0. The fraction of sp³-hybridized carbons (Fsp3) is 0.261. The van der Waals surface area contributed by atoms with Gasteiger partial charge in [-0.15, -0.1) is 0 Å².